The number of halogens is 1. The van der Waals surface area contributed by atoms with Crippen LogP contribution in [0.5, 0.6) is 0 Å². The Labute approximate surface area is 125 Å². The minimum absolute atomic E-state index is 0.0322. The summed E-state index contributed by atoms with van der Waals surface area (Å²) >= 11 is 4.87. The number of nitrogens with zero attached hydrogens (tertiary/aromatic N) is 1. The van der Waals surface area contributed by atoms with Crippen molar-refractivity contribution in [2.75, 3.05) is 17.7 Å². The van der Waals surface area contributed by atoms with E-state index >= 15 is 0 Å². The fourth-order valence-electron chi connectivity index (χ4n) is 1.78. The fraction of sp³-hybridized carbons (Fsp3) is 0.214. The van der Waals surface area contributed by atoms with Crippen LogP contribution in [0.4, 0.5) is 11.4 Å². The third kappa shape index (κ3) is 2.82. The first-order valence-corrected chi connectivity index (χ1v) is 7.41. The van der Waals surface area contributed by atoms with Gasteiger partial charge in [0, 0.05) is 16.4 Å². The van der Waals surface area contributed by atoms with Crippen molar-refractivity contribution < 1.29 is 4.79 Å². The van der Waals surface area contributed by atoms with Gasteiger partial charge in [0.1, 0.15) is 0 Å². The second-order valence-electron chi connectivity index (χ2n) is 4.42. The van der Waals surface area contributed by atoms with Crippen LogP contribution in [0.15, 0.2) is 28.7 Å². The molecule has 2 rings (SSSR count). The lowest BCUT2D eigenvalue weighted by Crippen LogP contribution is -2.26. The number of carbonyl (C=O) groups is 1. The molecule has 5 heteroatoms. The topological polar surface area (TPSA) is 46.3 Å². The Bertz CT molecular complexity index is 617. The van der Waals surface area contributed by atoms with E-state index in [4.69, 9.17) is 5.73 Å². The zero-order valence-electron chi connectivity index (χ0n) is 11.0. The van der Waals surface area contributed by atoms with Crippen molar-refractivity contribution in [1.82, 2.24) is 0 Å². The van der Waals surface area contributed by atoms with Crippen LogP contribution in [-0.4, -0.2) is 13.0 Å². The standard InChI is InChI=1S/C14H15BrN2OS/c1-8-6-13(19-9(8)2)14(18)17(3)12-5-4-10(15)7-11(12)16/h4-7H,16H2,1-3H3. The summed E-state index contributed by atoms with van der Waals surface area (Å²) in [6.07, 6.45) is 0. The van der Waals surface area contributed by atoms with Gasteiger partial charge >= 0.3 is 0 Å². The molecule has 0 saturated carbocycles. The average Bonchev–Trinajstić information content (AvgIpc) is 2.68. The monoisotopic (exact) mass is 338 g/mol. The first-order chi connectivity index (χ1) is 8.90. The highest BCUT2D eigenvalue weighted by atomic mass is 79.9. The molecular weight excluding hydrogens is 324 g/mol. The van der Waals surface area contributed by atoms with Gasteiger partial charge in [0.25, 0.3) is 5.91 Å². The van der Waals surface area contributed by atoms with Crippen molar-refractivity contribution in [2.24, 2.45) is 0 Å². The van der Waals surface area contributed by atoms with Crippen LogP contribution in [0.25, 0.3) is 0 Å². The molecule has 100 valence electrons. The van der Waals surface area contributed by atoms with Crippen LogP contribution in [0.3, 0.4) is 0 Å². The number of benzene rings is 1. The highest BCUT2D eigenvalue weighted by Crippen LogP contribution is 2.29. The maximum atomic E-state index is 12.4. The van der Waals surface area contributed by atoms with E-state index in [-0.39, 0.29) is 5.91 Å². The van der Waals surface area contributed by atoms with Gasteiger partial charge in [0.15, 0.2) is 0 Å². The quantitative estimate of drug-likeness (QED) is 0.841. The summed E-state index contributed by atoms with van der Waals surface area (Å²) in [5.74, 6) is -0.0322. The van der Waals surface area contributed by atoms with Crippen molar-refractivity contribution in [3.8, 4) is 0 Å². The van der Waals surface area contributed by atoms with Gasteiger partial charge in [0.05, 0.1) is 16.3 Å². The maximum absolute atomic E-state index is 12.4. The van der Waals surface area contributed by atoms with Crippen molar-refractivity contribution >= 4 is 44.5 Å². The number of aryl methyl sites for hydroxylation is 2. The molecule has 1 amide bonds. The number of nitrogen functional groups attached to an aromatic ring is 1. The molecule has 1 aromatic carbocycles. The molecule has 19 heavy (non-hydrogen) atoms. The van der Waals surface area contributed by atoms with Gasteiger partial charge in [0.2, 0.25) is 0 Å². The SMILES string of the molecule is Cc1cc(C(=O)N(C)c2ccc(Br)cc2N)sc1C. The zero-order chi connectivity index (χ0) is 14.2. The van der Waals surface area contributed by atoms with Gasteiger partial charge in [-0.1, -0.05) is 15.9 Å². The highest BCUT2D eigenvalue weighted by molar-refractivity contribution is 9.10. The molecule has 2 aromatic rings. The summed E-state index contributed by atoms with van der Waals surface area (Å²) in [6, 6.07) is 7.43. The fourth-order valence-corrected chi connectivity index (χ4v) is 3.17. The van der Waals surface area contributed by atoms with Gasteiger partial charge < -0.3 is 10.6 Å². The van der Waals surface area contributed by atoms with Gasteiger partial charge in [-0.15, -0.1) is 11.3 Å². The summed E-state index contributed by atoms with van der Waals surface area (Å²) in [7, 11) is 1.74. The van der Waals surface area contributed by atoms with E-state index in [2.05, 4.69) is 15.9 Å². The maximum Gasteiger partial charge on any atom is 0.268 e. The molecule has 0 atom stereocenters. The van der Waals surface area contributed by atoms with Crippen LogP contribution in [0, 0.1) is 13.8 Å². The second kappa shape index (κ2) is 5.35. The second-order valence-corrected chi connectivity index (χ2v) is 6.59. The molecule has 0 fully saturated rings. The lowest BCUT2D eigenvalue weighted by Gasteiger charge is -2.18. The van der Waals surface area contributed by atoms with Gasteiger partial charge in [-0.2, -0.15) is 0 Å². The van der Waals surface area contributed by atoms with Crippen LogP contribution in [0.1, 0.15) is 20.1 Å². The van der Waals surface area contributed by atoms with Crippen LogP contribution in [0.2, 0.25) is 0 Å². The van der Waals surface area contributed by atoms with Crippen molar-refractivity contribution in [1.29, 1.82) is 0 Å². The predicted molar refractivity (Wildman–Crippen MR) is 85.1 cm³/mol. The van der Waals surface area contributed by atoms with Crippen molar-refractivity contribution in [3.05, 3.63) is 44.1 Å². The molecule has 0 aliphatic carbocycles. The molecule has 0 unspecified atom stereocenters. The number of nitrogens with two attached hydrogens (primary N) is 1. The summed E-state index contributed by atoms with van der Waals surface area (Å²) in [5, 5.41) is 0. The minimum atomic E-state index is -0.0322. The summed E-state index contributed by atoms with van der Waals surface area (Å²) in [5.41, 5.74) is 8.40. The van der Waals surface area contributed by atoms with Gasteiger partial charge in [-0.25, -0.2) is 0 Å². The molecule has 0 aliphatic rings. The molecular formula is C14H15BrN2OS. The minimum Gasteiger partial charge on any atom is -0.397 e. The Morgan fingerprint density at radius 2 is 2.00 bits per heavy atom. The summed E-state index contributed by atoms with van der Waals surface area (Å²) in [6.45, 7) is 4.03. The van der Waals surface area contributed by atoms with Crippen molar-refractivity contribution in [2.45, 2.75) is 13.8 Å². The van der Waals surface area contributed by atoms with Crippen LogP contribution < -0.4 is 10.6 Å². The average molecular weight is 339 g/mol. The number of thiophene rings is 1. The normalized spacial score (nSPS) is 10.5. The number of carbonyl (C=O) groups excluding carboxylic acids is 1. The van der Waals surface area contributed by atoms with E-state index in [0.717, 1.165) is 20.6 Å². The smallest absolute Gasteiger partial charge is 0.268 e. The molecule has 0 bridgehead atoms. The molecule has 0 saturated heterocycles. The highest BCUT2D eigenvalue weighted by Gasteiger charge is 2.18. The Balaban J connectivity index is 2.33. The Morgan fingerprint density at radius 1 is 1.32 bits per heavy atom. The predicted octanol–water partition coefficient (Wildman–Crippen LogP) is 3.99. The first kappa shape index (κ1) is 14.1. The van der Waals surface area contributed by atoms with Crippen LogP contribution >= 0.6 is 27.3 Å². The van der Waals surface area contributed by atoms with Gasteiger partial charge in [-0.05, 0) is 43.7 Å². The number of hydrogen-bond donors (Lipinski definition) is 1. The van der Waals surface area contributed by atoms with E-state index in [9.17, 15) is 4.79 Å². The lowest BCUT2D eigenvalue weighted by atomic mass is 10.2. The molecule has 0 spiro atoms. The zero-order valence-corrected chi connectivity index (χ0v) is 13.4. The third-order valence-electron chi connectivity index (χ3n) is 3.03. The van der Waals surface area contributed by atoms with E-state index in [1.165, 1.54) is 16.2 Å². The molecule has 0 radical (unpaired) electrons. The Hall–Kier alpha value is -1.33. The largest absolute Gasteiger partial charge is 0.397 e. The van der Waals surface area contributed by atoms with Crippen LogP contribution in [-0.2, 0) is 0 Å². The molecule has 2 N–H and O–H groups in total. The number of hydrogen-bond acceptors (Lipinski definition) is 3. The molecule has 3 nitrogen and oxygen atoms in total. The lowest BCUT2D eigenvalue weighted by molar-refractivity contribution is 0.0997. The van der Waals surface area contributed by atoms with Gasteiger partial charge in [-0.3, -0.25) is 4.79 Å². The first-order valence-electron chi connectivity index (χ1n) is 5.80. The molecule has 1 heterocycles. The third-order valence-corrected chi connectivity index (χ3v) is 4.67. The number of rotatable bonds is 2. The molecule has 1 aromatic heterocycles. The number of amides is 1. The van der Waals surface area contributed by atoms with Crippen molar-refractivity contribution in [3.63, 3.8) is 0 Å². The Kier molecular flexibility index (Phi) is 3.96. The van der Waals surface area contributed by atoms with E-state index in [0.29, 0.717) is 5.69 Å². The number of anilines is 2. The summed E-state index contributed by atoms with van der Waals surface area (Å²) in [4.78, 5) is 15.9. The van der Waals surface area contributed by atoms with E-state index < -0.39 is 0 Å². The summed E-state index contributed by atoms with van der Waals surface area (Å²) < 4.78 is 0.900. The Morgan fingerprint density at radius 3 is 2.53 bits per heavy atom. The molecule has 0 aliphatic heterocycles. The van der Waals surface area contributed by atoms with E-state index in [1.54, 1.807) is 18.0 Å². The van der Waals surface area contributed by atoms with E-state index in [1.807, 2.05) is 32.0 Å².